The number of hydrogen-bond acceptors (Lipinski definition) is 4. The summed E-state index contributed by atoms with van der Waals surface area (Å²) < 4.78 is 6.03. The number of quaternary nitrogens is 1. The zero-order chi connectivity index (χ0) is 22.3. The number of nitrogens with one attached hydrogen (secondary N) is 1. The van der Waals surface area contributed by atoms with E-state index in [1.165, 1.54) is 0 Å². The van der Waals surface area contributed by atoms with Crippen LogP contribution in [0.1, 0.15) is 41.6 Å². The lowest BCUT2D eigenvalue weighted by molar-refractivity contribution is -0.892. The molecule has 0 heterocycles. The number of rotatable bonds is 9. The van der Waals surface area contributed by atoms with Gasteiger partial charge in [-0.1, -0.05) is 61.4 Å². The first kappa shape index (κ1) is 23.0. The summed E-state index contributed by atoms with van der Waals surface area (Å²) in [6.07, 6.45) is 3.65. The average molecular weight is 426 g/mol. The van der Waals surface area contributed by atoms with Crippen molar-refractivity contribution in [2.45, 2.75) is 31.3 Å². The number of carbonyl (C=O) groups excluding carboxylic acids is 2. The number of esters is 1. The number of carbonyl (C=O) groups is 2. The molecule has 2 N–H and O–H groups in total. The van der Waals surface area contributed by atoms with E-state index in [9.17, 15) is 14.7 Å². The lowest BCUT2D eigenvalue weighted by atomic mass is 9.80. The third-order valence-electron chi connectivity index (χ3n) is 6.10. The highest BCUT2D eigenvalue weighted by Crippen LogP contribution is 2.41. The molecule has 0 aliphatic heterocycles. The van der Waals surface area contributed by atoms with Crippen LogP contribution in [0.3, 0.4) is 0 Å². The van der Waals surface area contributed by atoms with Crippen molar-refractivity contribution in [3.63, 3.8) is 0 Å². The number of ether oxygens (including phenoxy) is 1. The molecule has 166 valence electrons. The highest BCUT2D eigenvalue weighted by molar-refractivity contribution is 5.93. The second kappa shape index (κ2) is 10.1. The minimum absolute atomic E-state index is 0.130. The van der Waals surface area contributed by atoms with E-state index in [0.717, 1.165) is 25.7 Å². The maximum Gasteiger partial charge on any atom is 0.343 e. The van der Waals surface area contributed by atoms with E-state index in [-0.39, 0.29) is 18.4 Å². The van der Waals surface area contributed by atoms with Crippen molar-refractivity contribution < 1.29 is 23.9 Å². The standard InChI is InChI=1S/C25H32N2O4/c1-27(2,19-26-23(28)20-11-5-3-6-12-20)17-18-31-24(29)25(30,22-15-9-10-16-22)21-13-7-4-8-14-21/h3-8,11-14,22,30H,9-10,15-19H2,1-2H3/p+1. The van der Waals surface area contributed by atoms with Gasteiger partial charge < -0.3 is 19.6 Å². The second-order valence-corrected chi connectivity index (χ2v) is 8.94. The molecule has 3 rings (SSSR count). The maximum absolute atomic E-state index is 13.0. The van der Waals surface area contributed by atoms with Gasteiger partial charge in [-0.05, 0) is 30.5 Å². The first-order chi connectivity index (χ1) is 14.8. The molecule has 1 aliphatic rings. The molecule has 1 unspecified atom stereocenters. The van der Waals surface area contributed by atoms with E-state index in [2.05, 4.69) is 5.32 Å². The molecule has 0 bridgehead atoms. The van der Waals surface area contributed by atoms with Gasteiger partial charge in [-0.25, -0.2) is 4.79 Å². The second-order valence-electron chi connectivity index (χ2n) is 8.94. The lowest BCUT2D eigenvalue weighted by Crippen LogP contribution is -2.51. The predicted molar refractivity (Wildman–Crippen MR) is 119 cm³/mol. The number of benzene rings is 2. The van der Waals surface area contributed by atoms with Crippen molar-refractivity contribution in [3.05, 3.63) is 71.8 Å². The van der Waals surface area contributed by atoms with Gasteiger partial charge in [-0.15, -0.1) is 0 Å². The summed E-state index contributed by atoms with van der Waals surface area (Å²) in [7, 11) is 3.92. The van der Waals surface area contributed by atoms with Crippen LogP contribution in [0.15, 0.2) is 60.7 Å². The predicted octanol–water partition coefficient (Wildman–Crippen LogP) is 3.07. The van der Waals surface area contributed by atoms with Crippen molar-refractivity contribution in [1.82, 2.24) is 5.32 Å². The molecule has 0 radical (unpaired) electrons. The van der Waals surface area contributed by atoms with Gasteiger partial charge in [0.05, 0.1) is 14.1 Å². The Morgan fingerprint density at radius 2 is 1.61 bits per heavy atom. The summed E-state index contributed by atoms with van der Waals surface area (Å²) in [6.45, 7) is 1.07. The molecule has 2 aromatic carbocycles. The molecule has 0 saturated heterocycles. The average Bonchev–Trinajstić information content (AvgIpc) is 3.33. The molecule has 6 heteroatoms. The van der Waals surface area contributed by atoms with Crippen LogP contribution >= 0.6 is 0 Å². The highest BCUT2D eigenvalue weighted by atomic mass is 16.5. The lowest BCUT2D eigenvalue weighted by Gasteiger charge is -2.33. The monoisotopic (exact) mass is 425 g/mol. The van der Waals surface area contributed by atoms with Crippen LogP contribution in [0, 0.1) is 5.92 Å². The molecule has 0 spiro atoms. The first-order valence-electron chi connectivity index (χ1n) is 10.9. The van der Waals surface area contributed by atoms with Crippen molar-refractivity contribution in [1.29, 1.82) is 0 Å². The molecule has 1 saturated carbocycles. The summed E-state index contributed by atoms with van der Waals surface area (Å²) in [4.78, 5) is 25.3. The zero-order valence-electron chi connectivity index (χ0n) is 18.4. The van der Waals surface area contributed by atoms with Crippen LogP contribution in [0.2, 0.25) is 0 Å². The summed E-state index contributed by atoms with van der Waals surface area (Å²) in [6, 6.07) is 18.2. The number of hydrogen-bond donors (Lipinski definition) is 2. The topological polar surface area (TPSA) is 75.6 Å². The highest BCUT2D eigenvalue weighted by Gasteiger charge is 2.47. The van der Waals surface area contributed by atoms with Crippen LogP contribution in [-0.4, -0.2) is 55.4 Å². The number of nitrogens with zero attached hydrogens (tertiary/aromatic N) is 1. The molecule has 0 aromatic heterocycles. The Labute approximate surface area is 184 Å². The third kappa shape index (κ3) is 5.71. The SMILES string of the molecule is C[N+](C)(CCOC(=O)C(O)(c1ccccc1)C1CCCC1)CNC(=O)c1ccccc1. The fourth-order valence-corrected chi connectivity index (χ4v) is 4.11. The minimum Gasteiger partial charge on any atom is -0.457 e. The van der Waals surface area contributed by atoms with Gasteiger partial charge in [-0.2, -0.15) is 0 Å². The van der Waals surface area contributed by atoms with Gasteiger partial charge in [0.2, 0.25) is 0 Å². The summed E-state index contributed by atoms with van der Waals surface area (Å²) in [5.74, 6) is -0.850. The zero-order valence-corrected chi connectivity index (χ0v) is 18.4. The number of aliphatic hydroxyl groups is 1. The van der Waals surface area contributed by atoms with E-state index in [4.69, 9.17) is 4.74 Å². The van der Waals surface area contributed by atoms with Crippen LogP contribution in [-0.2, 0) is 15.1 Å². The summed E-state index contributed by atoms with van der Waals surface area (Å²) >= 11 is 0. The quantitative estimate of drug-likeness (QED) is 0.368. The smallest absolute Gasteiger partial charge is 0.343 e. The van der Waals surface area contributed by atoms with E-state index < -0.39 is 11.6 Å². The van der Waals surface area contributed by atoms with Gasteiger partial charge in [0.1, 0.15) is 13.2 Å². The first-order valence-corrected chi connectivity index (χ1v) is 10.9. The van der Waals surface area contributed by atoms with Crippen LogP contribution in [0.5, 0.6) is 0 Å². The normalized spacial score (nSPS) is 16.5. The molecule has 1 atom stereocenters. The molecule has 1 aliphatic carbocycles. The van der Waals surface area contributed by atoms with Crippen molar-refractivity contribution in [2.24, 2.45) is 5.92 Å². The fourth-order valence-electron chi connectivity index (χ4n) is 4.11. The number of amides is 1. The fraction of sp³-hybridized carbons (Fsp3) is 0.440. The number of likely N-dealkylation sites (N-methyl/N-ethyl adjacent to an activating group) is 1. The summed E-state index contributed by atoms with van der Waals surface area (Å²) in [5, 5.41) is 14.4. The Hall–Kier alpha value is -2.70. The molecule has 6 nitrogen and oxygen atoms in total. The third-order valence-corrected chi connectivity index (χ3v) is 6.10. The van der Waals surface area contributed by atoms with Gasteiger partial charge >= 0.3 is 5.97 Å². The van der Waals surface area contributed by atoms with Crippen LogP contribution in [0.4, 0.5) is 0 Å². The van der Waals surface area contributed by atoms with Crippen molar-refractivity contribution in [2.75, 3.05) is 33.9 Å². The molecular formula is C25H33N2O4+. The molecule has 1 fully saturated rings. The minimum atomic E-state index is -1.61. The van der Waals surface area contributed by atoms with E-state index in [0.29, 0.717) is 28.8 Å². The van der Waals surface area contributed by atoms with E-state index in [1.54, 1.807) is 24.3 Å². The van der Waals surface area contributed by atoms with Crippen LogP contribution < -0.4 is 5.32 Å². The van der Waals surface area contributed by atoms with Gasteiger partial charge in [0.15, 0.2) is 12.3 Å². The molecule has 2 aromatic rings. The van der Waals surface area contributed by atoms with Gasteiger partial charge in [0.25, 0.3) is 5.91 Å². The Morgan fingerprint density at radius 3 is 2.23 bits per heavy atom. The van der Waals surface area contributed by atoms with Crippen molar-refractivity contribution >= 4 is 11.9 Å². The largest absolute Gasteiger partial charge is 0.457 e. The molecule has 1 amide bonds. The Kier molecular flexibility index (Phi) is 7.46. The van der Waals surface area contributed by atoms with Gasteiger partial charge in [0, 0.05) is 11.5 Å². The Bertz CT molecular complexity index is 864. The molecular weight excluding hydrogens is 392 g/mol. The van der Waals surface area contributed by atoms with E-state index in [1.807, 2.05) is 50.5 Å². The maximum atomic E-state index is 13.0. The van der Waals surface area contributed by atoms with Crippen LogP contribution in [0.25, 0.3) is 0 Å². The van der Waals surface area contributed by atoms with Crippen molar-refractivity contribution in [3.8, 4) is 0 Å². The van der Waals surface area contributed by atoms with Gasteiger partial charge in [-0.3, -0.25) is 4.79 Å². The van der Waals surface area contributed by atoms with E-state index >= 15 is 0 Å². The summed E-state index contributed by atoms with van der Waals surface area (Å²) in [5.41, 5.74) is -0.412. The Balaban J connectivity index is 1.56. The Morgan fingerprint density at radius 1 is 1.03 bits per heavy atom. The molecule has 31 heavy (non-hydrogen) atoms.